The van der Waals surface area contributed by atoms with Crippen molar-refractivity contribution in [2.24, 2.45) is 0 Å². The fraction of sp³-hybridized carbons (Fsp3) is 0.414. The maximum absolute atomic E-state index is 16.8. The fourth-order valence-electron chi connectivity index (χ4n) is 6.67. The van der Waals surface area contributed by atoms with E-state index in [0.29, 0.717) is 32.5 Å². The Morgan fingerprint density at radius 3 is 2.89 bits per heavy atom. The van der Waals surface area contributed by atoms with Gasteiger partial charge in [0.15, 0.2) is 5.82 Å². The highest BCUT2D eigenvalue weighted by Crippen LogP contribution is 2.48. The van der Waals surface area contributed by atoms with E-state index in [-0.39, 0.29) is 64.9 Å². The van der Waals surface area contributed by atoms with Gasteiger partial charge in [-0.25, -0.2) is 13.2 Å². The third kappa shape index (κ3) is 4.76. The highest BCUT2D eigenvalue weighted by atomic mass is 127. The van der Waals surface area contributed by atoms with Crippen molar-refractivity contribution >= 4 is 65.7 Å². The molecule has 2 fully saturated rings. The topological polar surface area (TPSA) is 101 Å². The average molecular weight is 743 g/mol. The quantitative estimate of drug-likeness (QED) is 0.182. The van der Waals surface area contributed by atoms with Crippen LogP contribution in [0.15, 0.2) is 18.2 Å². The summed E-state index contributed by atoms with van der Waals surface area (Å²) in [5.74, 6) is -4.97. The van der Waals surface area contributed by atoms with Gasteiger partial charge in [0.2, 0.25) is 0 Å². The largest absolute Gasteiger partial charge is 0.490 e. The molecule has 15 heteroatoms. The van der Waals surface area contributed by atoms with Gasteiger partial charge >= 0.3 is 11.9 Å². The van der Waals surface area contributed by atoms with E-state index in [9.17, 15) is 17.6 Å². The van der Waals surface area contributed by atoms with E-state index in [1.54, 1.807) is 6.07 Å². The molecule has 2 aromatic heterocycles. The Morgan fingerprint density at radius 1 is 1.27 bits per heavy atom. The molecule has 8 nitrogen and oxygen atoms in total. The van der Waals surface area contributed by atoms with Crippen LogP contribution in [-0.2, 0) is 0 Å². The van der Waals surface area contributed by atoms with Crippen molar-refractivity contribution < 1.29 is 31.4 Å². The normalized spacial score (nSPS) is 21.8. The molecular weight excluding hydrogens is 718 g/mol. The van der Waals surface area contributed by atoms with Crippen LogP contribution in [0.4, 0.5) is 32.8 Å². The number of nitrogens with zero attached hydrogens (tertiary/aromatic N) is 5. The minimum atomic E-state index is -3.74. The molecule has 1 unspecified atom stereocenters. The van der Waals surface area contributed by atoms with Gasteiger partial charge in [0.1, 0.15) is 48.4 Å². The Balaban J connectivity index is 1.43. The minimum absolute atomic E-state index is 0.0295. The summed E-state index contributed by atoms with van der Waals surface area (Å²) in [6, 6.07) is 4.96. The summed E-state index contributed by atoms with van der Waals surface area (Å²) < 4.78 is 87.3. The number of hydrogen-bond acceptors (Lipinski definition) is 9. The van der Waals surface area contributed by atoms with Crippen molar-refractivity contribution in [3.05, 3.63) is 33.4 Å². The second kappa shape index (κ2) is 10.7. The van der Waals surface area contributed by atoms with Gasteiger partial charge in [-0.15, -0.1) is 11.3 Å². The molecule has 4 aromatic rings. The van der Waals surface area contributed by atoms with Crippen LogP contribution >= 0.6 is 33.9 Å². The van der Waals surface area contributed by atoms with Crippen molar-refractivity contribution in [2.45, 2.75) is 36.9 Å². The van der Waals surface area contributed by atoms with E-state index >= 15 is 4.39 Å². The number of alkyl halides is 3. The molecular formula is C29H24F5IN6O2S. The predicted octanol–water partition coefficient (Wildman–Crippen LogP) is 6.29. The first kappa shape index (κ1) is 29.5. The molecule has 0 radical (unpaired) electrons. The molecule has 7 rings (SSSR count). The van der Waals surface area contributed by atoms with Gasteiger partial charge in [0, 0.05) is 23.9 Å². The number of thiophene rings is 1. The Labute approximate surface area is 265 Å². The summed E-state index contributed by atoms with van der Waals surface area (Å²) in [7, 11) is 0. The van der Waals surface area contributed by atoms with Gasteiger partial charge in [-0.2, -0.15) is 24.0 Å². The zero-order valence-electron chi connectivity index (χ0n) is 23.0. The van der Waals surface area contributed by atoms with Crippen LogP contribution in [0.3, 0.4) is 0 Å². The van der Waals surface area contributed by atoms with E-state index in [1.807, 2.05) is 27.5 Å². The van der Waals surface area contributed by atoms with Crippen LogP contribution in [0.25, 0.3) is 32.1 Å². The van der Waals surface area contributed by atoms with Gasteiger partial charge in [0.05, 0.1) is 37.3 Å². The third-order valence-corrected chi connectivity index (χ3v) is 10.6. The number of hydrogen-bond donors (Lipinski definition) is 1. The molecule has 0 spiro atoms. The second-order valence-electron chi connectivity index (χ2n) is 11.3. The highest BCUT2D eigenvalue weighted by molar-refractivity contribution is 14.1. The smallest absolute Gasteiger partial charge is 0.349 e. The first-order valence-electron chi connectivity index (χ1n) is 13.9. The Bertz CT molecular complexity index is 1870. The van der Waals surface area contributed by atoms with Crippen molar-refractivity contribution in [3.63, 3.8) is 0 Å². The molecule has 3 aliphatic rings. The SMILES string of the molecule is N#CC(F)(F)CN1CCOc2c(I)c(-c3ccc(F)c4sc(N)cc34)c(F)c3nc(OC[C@@]45CCCN4CC(F)C5)nc1c23. The van der Waals surface area contributed by atoms with Crippen LogP contribution in [0.1, 0.15) is 19.3 Å². The van der Waals surface area contributed by atoms with Crippen LogP contribution in [0.5, 0.6) is 11.8 Å². The lowest BCUT2D eigenvalue weighted by Crippen LogP contribution is -2.43. The minimum Gasteiger partial charge on any atom is -0.490 e. The predicted molar refractivity (Wildman–Crippen MR) is 164 cm³/mol. The lowest BCUT2D eigenvalue weighted by molar-refractivity contribution is 0.0707. The average Bonchev–Trinajstić information content (AvgIpc) is 3.61. The standard InChI is InChI=1S/C29H24F5IN6O2S/c30-14-9-28(4-1-5-41(28)10-14)13-43-27-38-23-20-24(42-7-6-40(26(20)39-27)12-29(33,34)11-36)22(35)19(21(23)32)15-2-3-17(31)25-16(15)8-18(37)44-25/h2-3,8,14H,1,4-7,9-10,12-13,37H2/t14?,28-/m0/s1. The summed E-state index contributed by atoms with van der Waals surface area (Å²) >= 11 is 2.94. The van der Waals surface area contributed by atoms with Crippen LogP contribution in [0.2, 0.25) is 0 Å². The molecule has 2 atom stereocenters. The first-order chi connectivity index (χ1) is 21.0. The van der Waals surface area contributed by atoms with Crippen molar-refractivity contribution in [2.75, 3.05) is 50.0 Å². The zero-order chi connectivity index (χ0) is 31.0. The number of anilines is 2. The molecule has 2 saturated heterocycles. The van der Waals surface area contributed by atoms with Gasteiger partial charge in [0.25, 0.3) is 0 Å². The lowest BCUT2D eigenvalue weighted by Gasteiger charge is -2.31. The molecule has 5 heterocycles. The summed E-state index contributed by atoms with van der Waals surface area (Å²) in [6.07, 6.45) is 0.832. The molecule has 44 heavy (non-hydrogen) atoms. The number of halogens is 6. The molecule has 0 saturated carbocycles. The van der Waals surface area contributed by atoms with Crippen LogP contribution in [-0.4, -0.2) is 71.9 Å². The van der Waals surface area contributed by atoms with Crippen LogP contribution < -0.4 is 20.1 Å². The van der Waals surface area contributed by atoms with Crippen molar-refractivity contribution in [1.29, 1.82) is 5.26 Å². The number of rotatable bonds is 6. The van der Waals surface area contributed by atoms with Gasteiger partial charge in [-0.1, -0.05) is 6.07 Å². The maximum Gasteiger partial charge on any atom is 0.349 e. The number of nitriles is 1. The van der Waals surface area contributed by atoms with Crippen molar-refractivity contribution in [3.8, 4) is 29.0 Å². The summed E-state index contributed by atoms with van der Waals surface area (Å²) in [5.41, 5.74) is 5.58. The monoisotopic (exact) mass is 742 g/mol. The number of fused-ring (bicyclic) bond motifs is 2. The maximum atomic E-state index is 16.8. The molecule has 2 N–H and O–H groups in total. The number of aromatic nitrogens is 2. The number of nitrogen functional groups attached to an aromatic ring is 1. The molecule has 0 bridgehead atoms. The lowest BCUT2D eigenvalue weighted by atomic mass is 9.95. The van der Waals surface area contributed by atoms with E-state index < -0.39 is 35.8 Å². The van der Waals surface area contributed by atoms with Gasteiger partial charge in [-0.3, -0.25) is 4.90 Å². The fourth-order valence-corrected chi connectivity index (χ4v) is 8.48. The molecule has 230 valence electrons. The third-order valence-electron chi connectivity index (χ3n) is 8.56. The summed E-state index contributed by atoms with van der Waals surface area (Å²) in [4.78, 5) is 12.1. The van der Waals surface area contributed by atoms with Crippen molar-refractivity contribution in [1.82, 2.24) is 14.9 Å². The summed E-state index contributed by atoms with van der Waals surface area (Å²) in [5, 5.41) is 9.85. The number of benzene rings is 2. The Kier molecular flexibility index (Phi) is 7.16. The van der Waals surface area contributed by atoms with E-state index in [1.165, 1.54) is 12.1 Å². The Morgan fingerprint density at radius 2 is 2.09 bits per heavy atom. The second-order valence-corrected chi connectivity index (χ2v) is 13.5. The van der Waals surface area contributed by atoms with E-state index in [4.69, 9.17) is 20.5 Å². The zero-order valence-corrected chi connectivity index (χ0v) is 26.0. The Hall–Kier alpha value is -3.23. The van der Waals surface area contributed by atoms with Gasteiger partial charge < -0.3 is 20.1 Å². The van der Waals surface area contributed by atoms with E-state index in [2.05, 4.69) is 9.97 Å². The van der Waals surface area contributed by atoms with E-state index in [0.717, 1.165) is 35.3 Å². The highest BCUT2D eigenvalue weighted by Gasteiger charge is 2.49. The molecule has 0 amide bonds. The summed E-state index contributed by atoms with van der Waals surface area (Å²) in [6.45, 7) is -0.146. The van der Waals surface area contributed by atoms with Gasteiger partial charge in [-0.05, 0) is 59.7 Å². The number of ether oxygens (including phenoxy) is 2. The van der Waals surface area contributed by atoms with Crippen LogP contribution in [0, 0.1) is 26.5 Å². The molecule has 3 aliphatic heterocycles. The molecule has 2 aromatic carbocycles. The molecule has 0 aliphatic carbocycles. The first-order valence-corrected chi connectivity index (χ1v) is 15.8. The number of nitrogens with two attached hydrogens (primary N) is 1.